The molecule has 54 valence electrons. The quantitative estimate of drug-likeness (QED) is 0.570. The van der Waals surface area contributed by atoms with Crippen molar-refractivity contribution in [2.45, 2.75) is 19.3 Å². The van der Waals surface area contributed by atoms with Crippen LogP contribution < -0.4 is 5.32 Å². The largest absolute Gasteiger partial charge is 0.316 e. The molecular weight excluding hydrogens is 124 g/mol. The Hall–Kier alpha value is -0.180. The van der Waals surface area contributed by atoms with E-state index < -0.39 is 12.3 Å². The van der Waals surface area contributed by atoms with Gasteiger partial charge in [0.25, 0.3) is 0 Å². The van der Waals surface area contributed by atoms with Crippen molar-refractivity contribution in [3.8, 4) is 0 Å². The smallest absolute Gasteiger partial charge is 0.242 e. The number of halogens is 2. The summed E-state index contributed by atoms with van der Waals surface area (Å²) in [6.45, 7) is 1.40. The number of hydrogen-bond donors (Lipinski definition) is 1. The van der Waals surface area contributed by atoms with E-state index in [2.05, 4.69) is 5.32 Å². The first-order valence-electron chi connectivity index (χ1n) is 3.29. The molecule has 1 saturated heterocycles. The molecule has 1 atom stereocenters. The molecule has 3 heteroatoms. The van der Waals surface area contributed by atoms with Crippen LogP contribution in [0.4, 0.5) is 8.78 Å². The van der Waals surface area contributed by atoms with Crippen LogP contribution in [0.3, 0.4) is 0 Å². The van der Waals surface area contributed by atoms with E-state index in [1.807, 2.05) is 0 Å². The third-order valence-corrected chi connectivity index (χ3v) is 1.69. The Morgan fingerprint density at radius 2 is 2.22 bits per heavy atom. The van der Waals surface area contributed by atoms with Gasteiger partial charge in [-0.2, -0.15) is 0 Å². The van der Waals surface area contributed by atoms with E-state index in [0.717, 1.165) is 13.0 Å². The van der Waals surface area contributed by atoms with E-state index in [9.17, 15) is 8.78 Å². The van der Waals surface area contributed by atoms with Gasteiger partial charge in [0.15, 0.2) is 0 Å². The SMILES string of the molecule is FC(F)[C@@H]1CCCNC1. The Labute approximate surface area is 53.4 Å². The van der Waals surface area contributed by atoms with E-state index in [1.165, 1.54) is 0 Å². The van der Waals surface area contributed by atoms with Crippen molar-refractivity contribution in [2.24, 2.45) is 5.92 Å². The zero-order valence-corrected chi connectivity index (χ0v) is 5.24. The molecular formula is C6H11F2N. The predicted molar refractivity (Wildman–Crippen MR) is 31.6 cm³/mol. The first-order chi connectivity index (χ1) is 4.30. The highest BCUT2D eigenvalue weighted by Crippen LogP contribution is 2.17. The van der Waals surface area contributed by atoms with Gasteiger partial charge in [0.2, 0.25) is 6.43 Å². The van der Waals surface area contributed by atoms with Gasteiger partial charge < -0.3 is 5.32 Å². The van der Waals surface area contributed by atoms with E-state index in [-0.39, 0.29) is 0 Å². The third-order valence-electron chi connectivity index (χ3n) is 1.69. The maximum atomic E-state index is 11.9. The summed E-state index contributed by atoms with van der Waals surface area (Å²) in [7, 11) is 0. The molecule has 1 heterocycles. The van der Waals surface area contributed by atoms with E-state index in [0.29, 0.717) is 13.0 Å². The molecule has 1 aliphatic heterocycles. The molecule has 0 amide bonds. The summed E-state index contributed by atoms with van der Waals surface area (Å²) >= 11 is 0. The number of nitrogens with one attached hydrogen (secondary N) is 1. The summed E-state index contributed by atoms with van der Waals surface area (Å²) in [6.07, 6.45) is -0.544. The lowest BCUT2D eigenvalue weighted by Gasteiger charge is -2.21. The van der Waals surface area contributed by atoms with Crippen molar-refractivity contribution in [2.75, 3.05) is 13.1 Å². The van der Waals surface area contributed by atoms with Crippen LogP contribution in [-0.4, -0.2) is 19.5 Å². The van der Waals surface area contributed by atoms with Crippen LogP contribution in [0.15, 0.2) is 0 Å². The van der Waals surface area contributed by atoms with Crippen LogP contribution in [0.25, 0.3) is 0 Å². The van der Waals surface area contributed by atoms with Crippen molar-refractivity contribution in [1.82, 2.24) is 5.32 Å². The van der Waals surface area contributed by atoms with Gasteiger partial charge in [0, 0.05) is 12.5 Å². The molecule has 0 spiro atoms. The van der Waals surface area contributed by atoms with Crippen LogP contribution in [0.1, 0.15) is 12.8 Å². The monoisotopic (exact) mass is 135 g/mol. The zero-order valence-electron chi connectivity index (χ0n) is 5.24. The minimum absolute atomic E-state index is 0.390. The molecule has 0 aromatic rings. The van der Waals surface area contributed by atoms with Gasteiger partial charge >= 0.3 is 0 Å². The van der Waals surface area contributed by atoms with Crippen molar-refractivity contribution >= 4 is 0 Å². The molecule has 0 aromatic heterocycles. The van der Waals surface area contributed by atoms with Crippen molar-refractivity contribution in [1.29, 1.82) is 0 Å². The lowest BCUT2D eigenvalue weighted by Crippen LogP contribution is -2.33. The number of alkyl halides is 2. The van der Waals surface area contributed by atoms with Gasteiger partial charge in [-0.05, 0) is 19.4 Å². The summed E-state index contributed by atoms with van der Waals surface area (Å²) in [5.41, 5.74) is 0. The molecule has 1 aliphatic rings. The highest BCUT2D eigenvalue weighted by molar-refractivity contribution is 4.70. The molecule has 0 saturated carbocycles. The van der Waals surface area contributed by atoms with Crippen molar-refractivity contribution < 1.29 is 8.78 Å². The van der Waals surface area contributed by atoms with Gasteiger partial charge in [-0.1, -0.05) is 0 Å². The Balaban J connectivity index is 2.23. The normalized spacial score (nSPS) is 29.0. The molecule has 0 bridgehead atoms. The van der Waals surface area contributed by atoms with Crippen molar-refractivity contribution in [3.05, 3.63) is 0 Å². The summed E-state index contributed by atoms with van der Waals surface area (Å²) in [5.74, 6) is -0.390. The van der Waals surface area contributed by atoms with Gasteiger partial charge in [0.05, 0.1) is 0 Å². The fourth-order valence-electron chi connectivity index (χ4n) is 1.09. The zero-order chi connectivity index (χ0) is 6.69. The van der Waals surface area contributed by atoms with E-state index >= 15 is 0 Å². The Morgan fingerprint density at radius 1 is 1.44 bits per heavy atom. The highest BCUT2D eigenvalue weighted by atomic mass is 19.3. The molecule has 9 heavy (non-hydrogen) atoms. The average molecular weight is 135 g/mol. The summed E-state index contributed by atoms with van der Waals surface area (Å²) in [4.78, 5) is 0. The molecule has 1 rings (SSSR count). The van der Waals surface area contributed by atoms with E-state index in [1.54, 1.807) is 0 Å². The maximum Gasteiger partial charge on any atom is 0.242 e. The second-order valence-corrected chi connectivity index (χ2v) is 2.44. The standard InChI is InChI=1S/C6H11F2N/c7-6(8)5-2-1-3-9-4-5/h5-6,9H,1-4H2/t5-/m1/s1. The molecule has 1 fully saturated rings. The highest BCUT2D eigenvalue weighted by Gasteiger charge is 2.21. The van der Waals surface area contributed by atoms with Crippen LogP contribution in [0.5, 0.6) is 0 Å². The van der Waals surface area contributed by atoms with Crippen LogP contribution >= 0.6 is 0 Å². The first kappa shape index (κ1) is 6.93. The second kappa shape index (κ2) is 3.11. The molecule has 0 aliphatic carbocycles. The molecule has 1 N–H and O–H groups in total. The van der Waals surface area contributed by atoms with Gasteiger partial charge in [-0.25, -0.2) is 8.78 Å². The second-order valence-electron chi connectivity index (χ2n) is 2.44. The molecule has 0 unspecified atom stereocenters. The Morgan fingerprint density at radius 3 is 2.56 bits per heavy atom. The maximum absolute atomic E-state index is 11.9. The summed E-state index contributed by atoms with van der Waals surface area (Å²) in [6, 6.07) is 0. The van der Waals surface area contributed by atoms with Crippen LogP contribution in [0.2, 0.25) is 0 Å². The minimum Gasteiger partial charge on any atom is -0.316 e. The number of piperidine rings is 1. The minimum atomic E-state index is -2.13. The molecule has 1 nitrogen and oxygen atoms in total. The molecule has 0 aromatic carbocycles. The topological polar surface area (TPSA) is 12.0 Å². The number of rotatable bonds is 1. The Kier molecular flexibility index (Phi) is 2.39. The first-order valence-corrected chi connectivity index (χ1v) is 3.29. The third kappa shape index (κ3) is 1.90. The van der Waals surface area contributed by atoms with Crippen LogP contribution in [0, 0.1) is 5.92 Å². The van der Waals surface area contributed by atoms with Gasteiger partial charge in [0.1, 0.15) is 0 Å². The fourth-order valence-corrected chi connectivity index (χ4v) is 1.09. The van der Waals surface area contributed by atoms with E-state index in [4.69, 9.17) is 0 Å². The van der Waals surface area contributed by atoms with Gasteiger partial charge in [-0.3, -0.25) is 0 Å². The predicted octanol–water partition coefficient (Wildman–Crippen LogP) is 1.25. The molecule has 0 radical (unpaired) electrons. The lowest BCUT2D eigenvalue weighted by atomic mass is 10.0. The van der Waals surface area contributed by atoms with Crippen LogP contribution in [-0.2, 0) is 0 Å². The number of hydrogen-bond acceptors (Lipinski definition) is 1. The van der Waals surface area contributed by atoms with Gasteiger partial charge in [-0.15, -0.1) is 0 Å². The average Bonchev–Trinajstić information content (AvgIpc) is 1.90. The Bertz CT molecular complexity index is 79.1. The van der Waals surface area contributed by atoms with Crippen molar-refractivity contribution in [3.63, 3.8) is 0 Å². The summed E-state index contributed by atoms with van der Waals surface area (Å²) in [5, 5.41) is 2.94. The lowest BCUT2D eigenvalue weighted by molar-refractivity contribution is 0.0633. The summed E-state index contributed by atoms with van der Waals surface area (Å²) < 4.78 is 23.8. The fraction of sp³-hybridized carbons (Fsp3) is 1.00.